The minimum absolute atomic E-state index is 0.215. The van der Waals surface area contributed by atoms with Crippen LogP contribution in [0.2, 0.25) is 0 Å². The van der Waals surface area contributed by atoms with Gasteiger partial charge in [0.15, 0.2) is 0 Å². The SMILES string of the molecule is Cn1ccnc1[C@H](O)C1CCN(Cc2cccc(C(=O)O)c2)CC1. The molecule has 6 nitrogen and oxygen atoms in total. The Morgan fingerprint density at radius 3 is 2.75 bits per heavy atom. The van der Waals surface area contributed by atoms with Crippen molar-refractivity contribution in [1.29, 1.82) is 0 Å². The number of aromatic carboxylic acids is 1. The summed E-state index contributed by atoms with van der Waals surface area (Å²) in [6.07, 6.45) is 4.86. The molecule has 0 unspecified atom stereocenters. The van der Waals surface area contributed by atoms with Crippen LogP contribution in [-0.2, 0) is 13.6 Å². The van der Waals surface area contributed by atoms with E-state index < -0.39 is 12.1 Å². The molecule has 1 aromatic heterocycles. The Bertz CT molecular complexity index is 705. The first-order chi connectivity index (χ1) is 11.5. The number of piperidine rings is 1. The Morgan fingerprint density at radius 2 is 2.12 bits per heavy atom. The summed E-state index contributed by atoms with van der Waals surface area (Å²) in [6, 6.07) is 7.09. The number of carbonyl (C=O) groups is 1. The van der Waals surface area contributed by atoms with Gasteiger partial charge in [-0.25, -0.2) is 9.78 Å². The largest absolute Gasteiger partial charge is 0.478 e. The lowest BCUT2D eigenvalue weighted by molar-refractivity contribution is 0.0491. The first-order valence-corrected chi connectivity index (χ1v) is 8.24. The van der Waals surface area contributed by atoms with E-state index in [0.717, 1.165) is 43.9 Å². The van der Waals surface area contributed by atoms with Crippen molar-refractivity contribution in [2.45, 2.75) is 25.5 Å². The number of benzene rings is 1. The van der Waals surface area contributed by atoms with Crippen LogP contribution >= 0.6 is 0 Å². The van der Waals surface area contributed by atoms with Gasteiger partial charge in [-0.2, -0.15) is 0 Å². The predicted octanol–water partition coefficient (Wildman–Crippen LogP) is 2.06. The molecule has 1 aliphatic rings. The van der Waals surface area contributed by atoms with Crippen LogP contribution in [0.5, 0.6) is 0 Å². The predicted molar refractivity (Wildman–Crippen MR) is 89.6 cm³/mol. The van der Waals surface area contributed by atoms with Gasteiger partial charge in [-0.05, 0) is 49.5 Å². The third kappa shape index (κ3) is 3.66. The van der Waals surface area contributed by atoms with E-state index in [-0.39, 0.29) is 5.92 Å². The fourth-order valence-corrected chi connectivity index (χ4v) is 3.36. The third-order valence-electron chi connectivity index (χ3n) is 4.78. The first-order valence-electron chi connectivity index (χ1n) is 8.24. The molecule has 128 valence electrons. The number of hydrogen-bond donors (Lipinski definition) is 2. The van der Waals surface area contributed by atoms with E-state index in [1.165, 1.54) is 0 Å². The van der Waals surface area contributed by atoms with Crippen molar-refractivity contribution < 1.29 is 15.0 Å². The van der Waals surface area contributed by atoms with Crippen molar-refractivity contribution in [1.82, 2.24) is 14.5 Å². The van der Waals surface area contributed by atoms with E-state index >= 15 is 0 Å². The van der Waals surface area contributed by atoms with E-state index in [9.17, 15) is 9.90 Å². The van der Waals surface area contributed by atoms with Crippen LogP contribution in [0, 0.1) is 5.92 Å². The number of hydrogen-bond acceptors (Lipinski definition) is 4. The molecule has 0 aliphatic carbocycles. The maximum absolute atomic E-state index is 11.1. The Balaban J connectivity index is 1.56. The third-order valence-corrected chi connectivity index (χ3v) is 4.78. The van der Waals surface area contributed by atoms with Gasteiger partial charge in [0.1, 0.15) is 11.9 Å². The molecule has 1 fully saturated rings. The lowest BCUT2D eigenvalue weighted by atomic mass is 9.90. The maximum Gasteiger partial charge on any atom is 0.335 e. The molecule has 2 aromatic rings. The topological polar surface area (TPSA) is 78.6 Å². The van der Waals surface area contributed by atoms with Gasteiger partial charge in [-0.3, -0.25) is 4.90 Å². The molecule has 1 aromatic carbocycles. The van der Waals surface area contributed by atoms with E-state index in [1.807, 2.05) is 23.9 Å². The quantitative estimate of drug-likeness (QED) is 0.878. The van der Waals surface area contributed by atoms with Gasteiger partial charge in [0.25, 0.3) is 0 Å². The van der Waals surface area contributed by atoms with Gasteiger partial charge < -0.3 is 14.8 Å². The smallest absolute Gasteiger partial charge is 0.335 e. The Hall–Kier alpha value is -2.18. The van der Waals surface area contributed by atoms with Crippen molar-refractivity contribution in [3.63, 3.8) is 0 Å². The Labute approximate surface area is 141 Å². The zero-order chi connectivity index (χ0) is 17.1. The van der Waals surface area contributed by atoms with Crippen LogP contribution < -0.4 is 0 Å². The number of rotatable bonds is 5. The average Bonchev–Trinajstić information content (AvgIpc) is 3.01. The maximum atomic E-state index is 11.1. The summed E-state index contributed by atoms with van der Waals surface area (Å²) in [5, 5.41) is 19.6. The van der Waals surface area contributed by atoms with Gasteiger partial charge in [0.2, 0.25) is 0 Å². The molecule has 2 heterocycles. The van der Waals surface area contributed by atoms with Gasteiger partial charge in [-0.15, -0.1) is 0 Å². The highest BCUT2D eigenvalue weighted by atomic mass is 16.4. The second kappa shape index (κ2) is 7.15. The second-order valence-electron chi connectivity index (χ2n) is 6.46. The van der Waals surface area contributed by atoms with Crippen molar-refractivity contribution in [2.24, 2.45) is 13.0 Å². The van der Waals surface area contributed by atoms with Crippen LogP contribution in [0.4, 0.5) is 0 Å². The first kappa shape index (κ1) is 16.7. The summed E-state index contributed by atoms with van der Waals surface area (Å²) in [4.78, 5) is 17.6. The van der Waals surface area contributed by atoms with Crippen molar-refractivity contribution >= 4 is 5.97 Å². The van der Waals surface area contributed by atoms with Gasteiger partial charge in [0, 0.05) is 26.0 Å². The zero-order valence-corrected chi connectivity index (χ0v) is 13.8. The van der Waals surface area contributed by atoms with E-state index in [0.29, 0.717) is 5.56 Å². The molecule has 6 heteroatoms. The molecule has 0 spiro atoms. The molecule has 0 saturated carbocycles. The summed E-state index contributed by atoms with van der Waals surface area (Å²) in [5.41, 5.74) is 1.34. The van der Waals surface area contributed by atoms with Gasteiger partial charge in [-0.1, -0.05) is 12.1 Å². The van der Waals surface area contributed by atoms with Crippen molar-refractivity contribution in [3.05, 3.63) is 53.6 Å². The zero-order valence-electron chi connectivity index (χ0n) is 13.8. The molecule has 0 amide bonds. The molecule has 2 N–H and O–H groups in total. The number of nitrogens with zero attached hydrogens (tertiary/aromatic N) is 3. The second-order valence-corrected chi connectivity index (χ2v) is 6.46. The van der Waals surface area contributed by atoms with Crippen LogP contribution in [0.3, 0.4) is 0 Å². The summed E-state index contributed by atoms with van der Waals surface area (Å²) < 4.78 is 1.87. The minimum Gasteiger partial charge on any atom is -0.478 e. The minimum atomic E-state index is -0.895. The van der Waals surface area contributed by atoms with Gasteiger partial charge in [0.05, 0.1) is 5.56 Å². The summed E-state index contributed by atoms with van der Waals surface area (Å²) >= 11 is 0. The molecule has 1 saturated heterocycles. The molecule has 0 bridgehead atoms. The molecular formula is C18H23N3O3. The molecule has 24 heavy (non-hydrogen) atoms. The molecule has 3 rings (SSSR count). The van der Waals surface area contributed by atoms with Crippen LogP contribution in [0.1, 0.15) is 40.7 Å². The molecule has 1 atom stereocenters. The van der Waals surface area contributed by atoms with E-state index in [2.05, 4.69) is 9.88 Å². The van der Waals surface area contributed by atoms with Gasteiger partial charge >= 0.3 is 5.97 Å². The monoisotopic (exact) mass is 329 g/mol. The summed E-state index contributed by atoms with van der Waals surface area (Å²) in [7, 11) is 1.90. The molecule has 0 radical (unpaired) electrons. The lowest BCUT2D eigenvalue weighted by Crippen LogP contribution is -2.35. The fourth-order valence-electron chi connectivity index (χ4n) is 3.36. The summed E-state index contributed by atoms with van der Waals surface area (Å²) in [6.45, 7) is 2.53. The number of aromatic nitrogens is 2. The fraction of sp³-hybridized carbons (Fsp3) is 0.444. The Morgan fingerprint density at radius 1 is 1.38 bits per heavy atom. The summed E-state index contributed by atoms with van der Waals surface area (Å²) in [5.74, 6) is 0.0454. The lowest BCUT2D eigenvalue weighted by Gasteiger charge is -2.34. The number of carboxylic acid groups (broad SMARTS) is 1. The van der Waals surface area contributed by atoms with Crippen molar-refractivity contribution in [3.8, 4) is 0 Å². The number of aryl methyl sites for hydroxylation is 1. The standard InChI is InChI=1S/C18H23N3O3/c1-20-10-7-19-17(20)16(22)14-5-8-21(9-6-14)12-13-3-2-4-15(11-13)18(23)24/h2-4,7,10-11,14,16,22H,5-6,8-9,12H2,1H3,(H,23,24)/t16-/m1/s1. The van der Waals surface area contributed by atoms with E-state index in [1.54, 1.807) is 24.4 Å². The van der Waals surface area contributed by atoms with Crippen molar-refractivity contribution in [2.75, 3.05) is 13.1 Å². The number of aliphatic hydroxyl groups excluding tert-OH is 1. The number of imidazole rings is 1. The molecular weight excluding hydrogens is 306 g/mol. The van der Waals surface area contributed by atoms with Crippen LogP contribution in [0.15, 0.2) is 36.7 Å². The van der Waals surface area contributed by atoms with Crippen LogP contribution in [-0.4, -0.2) is 43.7 Å². The average molecular weight is 329 g/mol. The number of aliphatic hydroxyl groups is 1. The number of likely N-dealkylation sites (tertiary alicyclic amines) is 1. The number of carboxylic acids is 1. The highest BCUT2D eigenvalue weighted by Crippen LogP contribution is 2.30. The highest BCUT2D eigenvalue weighted by molar-refractivity contribution is 5.87. The molecule has 1 aliphatic heterocycles. The highest BCUT2D eigenvalue weighted by Gasteiger charge is 2.28. The normalized spacial score (nSPS) is 17.8. The van der Waals surface area contributed by atoms with Crippen LogP contribution in [0.25, 0.3) is 0 Å². The van der Waals surface area contributed by atoms with E-state index in [4.69, 9.17) is 5.11 Å². The Kier molecular flexibility index (Phi) is 4.97.